The van der Waals surface area contributed by atoms with Crippen molar-refractivity contribution < 1.29 is 4.79 Å². The van der Waals surface area contributed by atoms with Crippen LogP contribution in [0.25, 0.3) is 5.69 Å². The van der Waals surface area contributed by atoms with E-state index in [9.17, 15) is 4.79 Å². The van der Waals surface area contributed by atoms with Crippen LogP contribution in [-0.4, -0.2) is 15.5 Å². The highest BCUT2D eigenvalue weighted by Crippen LogP contribution is 2.22. The number of imidazole rings is 1. The van der Waals surface area contributed by atoms with Crippen LogP contribution in [0.15, 0.2) is 73.3 Å². The average molecular weight is 333 g/mol. The molecule has 1 heterocycles. The van der Waals surface area contributed by atoms with Crippen LogP contribution >= 0.6 is 0 Å². The van der Waals surface area contributed by atoms with Crippen molar-refractivity contribution in [2.75, 3.05) is 0 Å². The summed E-state index contributed by atoms with van der Waals surface area (Å²) in [6, 6.07) is 18.1. The number of hydrogen-bond donors (Lipinski definition) is 1. The number of rotatable bonds is 6. The predicted octanol–water partition coefficient (Wildman–Crippen LogP) is 4.24. The topological polar surface area (TPSA) is 46.9 Å². The number of amides is 1. The molecule has 4 heteroatoms. The summed E-state index contributed by atoms with van der Waals surface area (Å²) >= 11 is 0. The van der Waals surface area contributed by atoms with Gasteiger partial charge in [-0.1, -0.05) is 49.4 Å². The summed E-state index contributed by atoms with van der Waals surface area (Å²) in [6.45, 7) is 4.06. The van der Waals surface area contributed by atoms with Crippen LogP contribution in [-0.2, 0) is 4.79 Å². The van der Waals surface area contributed by atoms with E-state index in [4.69, 9.17) is 0 Å². The molecule has 1 aromatic heterocycles. The SMILES string of the molecule is CC[C@@H](C(=O)N[C@@H](C)c1ccc(-n2ccnc2)cc1)c1ccccc1. The van der Waals surface area contributed by atoms with Crippen LogP contribution in [0.1, 0.15) is 43.4 Å². The van der Waals surface area contributed by atoms with Crippen LogP contribution in [0.3, 0.4) is 0 Å². The second-order valence-corrected chi connectivity index (χ2v) is 6.16. The standard InChI is InChI=1S/C21H23N3O/c1-3-20(18-7-5-4-6-8-18)21(25)23-16(2)17-9-11-19(12-10-17)24-14-13-22-15-24/h4-16,20H,3H2,1-2H3,(H,23,25)/t16-,20+/m0/s1. The van der Waals surface area contributed by atoms with E-state index >= 15 is 0 Å². The lowest BCUT2D eigenvalue weighted by molar-refractivity contribution is -0.123. The van der Waals surface area contributed by atoms with Crippen molar-refractivity contribution in [1.82, 2.24) is 14.9 Å². The first-order chi connectivity index (χ1) is 12.2. The highest BCUT2D eigenvalue weighted by molar-refractivity contribution is 5.83. The molecule has 0 radical (unpaired) electrons. The minimum atomic E-state index is -0.117. The quantitative estimate of drug-likeness (QED) is 0.733. The molecule has 0 saturated carbocycles. The number of hydrogen-bond acceptors (Lipinski definition) is 2. The van der Waals surface area contributed by atoms with Gasteiger partial charge in [0.2, 0.25) is 5.91 Å². The molecule has 0 aliphatic rings. The molecular formula is C21H23N3O. The summed E-state index contributed by atoms with van der Waals surface area (Å²) in [7, 11) is 0. The Bertz CT molecular complexity index is 795. The normalized spacial score (nSPS) is 13.2. The molecule has 0 saturated heterocycles. The molecule has 3 rings (SSSR count). The number of nitrogens with zero attached hydrogens (tertiary/aromatic N) is 2. The Kier molecular flexibility index (Phi) is 5.29. The van der Waals surface area contributed by atoms with E-state index in [1.54, 1.807) is 12.5 Å². The van der Waals surface area contributed by atoms with Crippen molar-refractivity contribution >= 4 is 5.91 Å². The molecule has 0 fully saturated rings. The van der Waals surface area contributed by atoms with Gasteiger partial charge in [0.05, 0.1) is 18.3 Å². The fraction of sp³-hybridized carbons (Fsp3) is 0.238. The van der Waals surface area contributed by atoms with E-state index in [0.717, 1.165) is 23.2 Å². The number of benzene rings is 2. The van der Waals surface area contributed by atoms with E-state index < -0.39 is 0 Å². The molecule has 2 atom stereocenters. The van der Waals surface area contributed by atoms with Crippen molar-refractivity contribution in [3.8, 4) is 5.69 Å². The van der Waals surface area contributed by atoms with E-state index in [2.05, 4.69) is 10.3 Å². The maximum atomic E-state index is 12.7. The van der Waals surface area contributed by atoms with Gasteiger partial charge in [-0.2, -0.15) is 0 Å². The molecule has 3 aromatic rings. The van der Waals surface area contributed by atoms with Gasteiger partial charge in [-0.05, 0) is 36.6 Å². The van der Waals surface area contributed by atoms with E-state index in [1.165, 1.54) is 0 Å². The summed E-state index contributed by atoms with van der Waals surface area (Å²) in [5.41, 5.74) is 3.20. The Labute approximate surface area is 148 Å². The average Bonchev–Trinajstić information content (AvgIpc) is 3.18. The molecule has 1 N–H and O–H groups in total. The Morgan fingerprint density at radius 3 is 2.40 bits per heavy atom. The van der Waals surface area contributed by atoms with E-state index in [1.807, 2.05) is 79.2 Å². The summed E-state index contributed by atoms with van der Waals surface area (Å²) in [6.07, 6.45) is 6.21. The number of aromatic nitrogens is 2. The molecule has 128 valence electrons. The highest BCUT2D eigenvalue weighted by Gasteiger charge is 2.20. The van der Waals surface area contributed by atoms with Crippen molar-refractivity contribution in [3.05, 3.63) is 84.4 Å². The molecule has 0 spiro atoms. The zero-order valence-corrected chi connectivity index (χ0v) is 14.6. The number of nitrogens with one attached hydrogen (secondary N) is 1. The van der Waals surface area contributed by atoms with Crippen LogP contribution in [0.2, 0.25) is 0 Å². The molecule has 1 amide bonds. The largest absolute Gasteiger partial charge is 0.349 e. The second-order valence-electron chi connectivity index (χ2n) is 6.16. The van der Waals surface area contributed by atoms with E-state index in [0.29, 0.717) is 0 Å². The number of carbonyl (C=O) groups excluding carboxylic acids is 1. The van der Waals surface area contributed by atoms with Crippen molar-refractivity contribution in [2.45, 2.75) is 32.2 Å². The van der Waals surface area contributed by atoms with Crippen molar-refractivity contribution in [1.29, 1.82) is 0 Å². The van der Waals surface area contributed by atoms with Crippen molar-refractivity contribution in [3.63, 3.8) is 0 Å². The van der Waals surface area contributed by atoms with Gasteiger partial charge < -0.3 is 9.88 Å². The lowest BCUT2D eigenvalue weighted by atomic mass is 9.95. The Morgan fingerprint density at radius 2 is 1.80 bits per heavy atom. The first-order valence-electron chi connectivity index (χ1n) is 8.62. The zero-order valence-electron chi connectivity index (χ0n) is 14.6. The zero-order chi connectivity index (χ0) is 17.6. The van der Waals surface area contributed by atoms with Gasteiger partial charge in [0.25, 0.3) is 0 Å². The Balaban J connectivity index is 1.68. The third-order valence-electron chi connectivity index (χ3n) is 4.48. The monoisotopic (exact) mass is 333 g/mol. The molecule has 4 nitrogen and oxygen atoms in total. The molecule has 0 unspecified atom stereocenters. The molecule has 0 aliphatic carbocycles. The predicted molar refractivity (Wildman–Crippen MR) is 99.6 cm³/mol. The minimum Gasteiger partial charge on any atom is -0.349 e. The summed E-state index contributed by atoms with van der Waals surface area (Å²) in [5, 5.41) is 3.14. The van der Waals surface area contributed by atoms with E-state index in [-0.39, 0.29) is 17.9 Å². The number of carbonyl (C=O) groups is 1. The lowest BCUT2D eigenvalue weighted by Crippen LogP contribution is -2.31. The van der Waals surface area contributed by atoms with Crippen LogP contribution in [0.4, 0.5) is 0 Å². The molecule has 2 aromatic carbocycles. The fourth-order valence-corrected chi connectivity index (χ4v) is 3.00. The van der Waals surface area contributed by atoms with Crippen molar-refractivity contribution in [2.24, 2.45) is 0 Å². The van der Waals surface area contributed by atoms with Gasteiger partial charge in [-0.15, -0.1) is 0 Å². The Morgan fingerprint density at radius 1 is 1.08 bits per heavy atom. The summed E-state index contributed by atoms with van der Waals surface area (Å²) in [5.74, 6) is -0.0474. The van der Waals surface area contributed by atoms with Gasteiger partial charge >= 0.3 is 0 Å². The fourth-order valence-electron chi connectivity index (χ4n) is 3.00. The summed E-state index contributed by atoms with van der Waals surface area (Å²) < 4.78 is 1.95. The summed E-state index contributed by atoms with van der Waals surface area (Å²) in [4.78, 5) is 16.7. The van der Waals surface area contributed by atoms with Crippen LogP contribution in [0.5, 0.6) is 0 Å². The maximum Gasteiger partial charge on any atom is 0.228 e. The Hall–Kier alpha value is -2.88. The lowest BCUT2D eigenvalue weighted by Gasteiger charge is -2.20. The molecule has 0 aliphatic heterocycles. The maximum absolute atomic E-state index is 12.7. The van der Waals surface area contributed by atoms with Crippen LogP contribution < -0.4 is 5.32 Å². The van der Waals surface area contributed by atoms with Gasteiger partial charge in [0, 0.05) is 18.1 Å². The van der Waals surface area contributed by atoms with Gasteiger partial charge in [0.1, 0.15) is 0 Å². The smallest absolute Gasteiger partial charge is 0.228 e. The molecular weight excluding hydrogens is 310 g/mol. The highest BCUT2D eigenvalue weighted by atomic mass is 16.1. The van der Waals surface area contributed by atoms with Gasteiger partial charge in [0.15, 0.2) is 0 Å². The first-order valence-corrected chi connectivity index (χ1v) is 8.62. The minimum absolute atomic E-state index is 0.0397. The van der Waals surface area contributed by atoms with Gasteiger partial charge in [-0.25, -0.2) is 4.98 Å². The second kappa shape index (κ2) is 7.79. The third kappa shape index (κ3) is 3.97. The first kappa shape index (κ1) is 17.0. The van der Waals surface area contributed by atoms with Gasteiger partial charge in [-0.3, -0.25) is 4.79 Å². The van der Waals surface area contributed by atoms with Crippen LogP contribution in [0, 0.1) is 0 Å². The third-order valence-corrected chi connectivity index (χ3v) is 4.48. The molecule has 0 bridgehead atoms. The molecule has 25 heavy (non-hydrogen) atoms.